The number of amides is 1. The molecule has 1 unspecified atom stereocenters. The van der Waals surface area contributed by atoms with Crippen molar-refractivity contribution in [3.8, 4) is 0 Å². The molecule has 23 heavy (non-hydrogen) atoms. The van der Waals surface area contributed by atoms with Gasteiger partial charge in [-0.3, -0.25) is 14.2 Å². The Hall–Kier alpha value is -2.41. The van der Waals surface area contributed by atoms with Crippen LogP contribution in [0.15, 0.2) is 27.8 Å². The summed E-state index contributed by atoms with van der Waals surface area (Å²) in [7, 11) is 0. The molecular weight excluding hydrogens is 296 g/mol. The van der Waals surface area contributed by atoms with Crippen molar-refractivity contribution in [3.05, 3.63) is 44.6 Å². The third-order valence-electron chi connectivity index (χ3n) is 4.20. The Labute approximate surface area is 132 Å². The second-order valence-electron chi connectivity index (χ2n) is 5.85. The summed E-state index contributed by atoms with van der Waals surface area (Å²) in [4.78, 5) is 41.2. The van der Waals surface area contributed by atoms with E-state index in [1.165, 1.54) is 0 Å². The maximum atomic E-state index is 12.6. The van der Waals surface area contributed by atoms with Crippen LogP contribution in [0.4, 0.5) is 0 Å². The Morgan fingerprint density at radius 2 is 2.13 bits per heavy atom. The highest BCUT2D eigenvalue weighted by Gasteiger charge is 2.22. The fraction of sp³-hybridized carbons (Fsp3) is 0.438. The van der Waals surface area contributed by atoms with Gasteiger partial charge < -0.3 is 15.2 Å². The van der Waals surface area contributed by atoms with Gasteiger partial charge in [0.05, 0.1) is 10.9 Å². The molecule has 7 heteroatoms. The number of fused-ring (bicyclic) bond motifs is 1. The van der Waals surface area contributed by atoms with Gasteiger partial charge in [-0.25, -0.2) is 4.79 Å². The van der Waals surface area contributed by atoms with E-state index >= 15 is 0 Å². The summed E-state index contributed by atoms with van der Waals surface area (Å²) in [6.07, 6.45) is 0. The van der Waals surface area contributed by atoms with Crippen LogP contribution in [-0.4, -0.2) is 46.0 Å². The van der Waals surface area contributed by atoms with Crippen molar-refractivity contribution in [1.29, 1.82) is 0 Å². The highest BCUT2D eigenvalue weighted by atomic mass is 16.2. The Bertz CT molecular complexity index is 868. The largest absolute Gasteiger partial charge is 0.336 e. The molecule has 2 aromatic rings. The smallest absolute Gasteiger partial charge is 0.328 e. The molecule has 1 fully saturated rings. The van der Waals surface area contributed by atoms with E-state index in [2.05, 4.69) is 10.3 Å². The number of piperazine rings is 1. The maximum Gasteiger partial charge on any atom is 0.328 e. The molecule has 0 spiro atoms. The van der Waals surface area contributed by atoms with E-state index in [4.69, 9.17) is 0 Å². The van der Waals surface area contributed by atoms with Gasteiger partial charge in [-0.15, -0.1) is 0 Å². The zero-order chi connectivity index (χ0) is 16.6. The molecule has 1 atom stereocenters. The Kier molecular flexibility index (Phi) is 4.04. The quantitative estimate of drug-likeness (QED) is 0.825. The summed E-state index contributed by atoms with van der Waals surface area (Å²) in [5.74, 6) is -0.0826. The lowest BCUT2D eigenvalue weighted by atomic mass is 10.1. The molecule has 0 aliphatic carbocycles. The average Bonchev–Trinajstić information content (AvgIpc) is 2.54. The second-order valence-corrected chi connectivity index (χ2v) is 5.85. The number of aromatic nitrogens is 2. The normalized spacial score (nSPS) is 18.3. The molecule has 0 saturated carbocycles. The SMILES string of the molecule is CCn1c(=O)[nH]c2cc(C(=O)N3CCNC(C)C3)ccc2c1=O. The van der Waals surface area contributed by atoms with Crippen LogP contribution >= 0.6 is 0 Å². The molecule has 1 aromatic heterocycles. The van der Waals surface area contributed by atoms with Crippen LogP contribution in [-0.2, 0) is 6.54 Å². The summed E-state index contributed by atoms with van der Waals surface area (Å²) in [5.41, 5.74) is 0.0982. The van der Waals surface area contributed by atoms with Crippen molar-refractivity contribution in [2.24, 2.45) is 0 Å². The van der Waals surface area contributed by atoms with Gasteiger partial charge in [0.1, 0.15) is 0 Å². The van der Waals surface area contributed by atoms with Crippen molar-refractivity contribution >= 4 is 16.8 Å². The molecule has 3 rings (SSSR count). The highest BCUT2D eigenvalue weighted by Crippen LogP contribution is 2.13. The van der Waals surface area contributed by atoms with E-state index in [1.807, 2.05) is 6.92 Å². The van der Waals surface area contributed by atoms with Gasteiger partial charge in [0, 0.05) is 37.8 Å². The van der Waals surface area contributed by atoms with Crippen LogP contribution in [0.5, 0.6) is 0 Å². The van der Waals surface area contributed by atoms with Crippen LogP contribution < -0.4 is 16.6 Å². The minimum atomic E-state index is -0.453. The van der Waals surface area contributed by atoms with E-state index in [1.54, 1.807) is 30.0 Å². The molecule has 0 bridgehead atoms. The molecule has 1 amide bonds. The van der Waals surface area contributed by atoms with E-state index in [0.717, 1.165) is 11.1 Å². The summed E-state index contributed by atoms with van der Waals surface area (Å²) in [6, 6.07) is 5.10. The number of rotatable bonds is 2. The minimum Gasteiger partial charge on any atom is -0.336 e. The number of hydrogen-bond acceptors (Lipinski definition) is 4. The van der Waals surface area contributed by atoms with Crippen LogP contribution in [0.1, 0.15) is 24.2 Å². The first-order chi connectivity index (χ1) is 11.0. The third kappa shape index (κ3) is 2.79. The molecule has 122 valence electrons. The molecule has 1 saturated heterocycles. The summed E-state index contributed by atoms with van der Waals surface area (Å²) < 4.78 is 1.14. The van der Waals surface area contributed by atoms with Gasteiger partial charge in [0.2, 0.25) is 0 Å². The molecule has 2 heterocycles. The lowest BCUT2D eigenvalue weighted by Gasteiger charge is -2.32. The van der Waals surface area contributed by atoms with Crippen molar-refractivity contribution in [2.75, 3.05) is 19.6 Å². The average molecular weight is 316 g/mol. The molecule has 1 aromatic carbocycles. The number of carbonyl (C=O) groups is 1. The molecule has 7 nitrogen and oxygen atoms in total. The number of hydrogen-bond donors (Lipinski definition) is 2. The number of H-pyrrole nitrogens is 1. The zero-order valence-electron chi connectivity index (χ0n) is 13.3. The molecular formula is C16H20N4O3. The monoisotopic (exact) mass is 316 g/mol. The van der Waals surface area contributed by atoms with Crippen molar-refractivity contribution in [2.45, 2.75) is 26.4 Å². The predicted molar refractivity (Wildman–Crippen MR) is 87.9 cm³/mol. The van der Waals surface area contributed by atoms with Gasteiger partial charge in [-0.1, -0.05) is 0 Å². The Balaban J connectivity index is 2.02. The molecule has 0 radical (unpaired) electrons. The standard InChI is InChI=1S/C16H20N4O3/c1-3-20-15(22)12-5-4-11(8-13(12)18-16(20)23)14(21)19-7-6-17-10(2)9-19/h4-5,8,10,17H,3,6-7,9H2,1-2H3,(H,18,23). The predicted octanol–water partition coefficient (Wildman–Crippen LogP) is 0.144. The lowest BCUT2D eigenvalue weighted by Crippen LogP contribution is -2.51. The fourth-order valence-corrected chi connectivity index (χ4v) is 2.97. The lowest BCUT2D eigenvalue weighted by molar-refractivity contribution is 0.0709. The van der Waals surface area contributed by atoms with E-state index < -0.39 is 5.69 Å². The van der Waals surface area contributed by atoms with Crippen molar-refractivity contribution in [1.82, 2.24) is 19.8 Å². The number of carbonyl (C=O) groups excluding carboxylic acids is 1. The molecule has 1 aliphatic rings. The third-order valence-corrected chi connectivity index (χ3v) is 4.20. The molecule has 1 aliphatic heterocycles. The van der Waals surface area contributed by atoms with Gasteiger partial charge >= 0.3 is 5.69 Å². The minimum absolute atomic E-state index is 0.0826. The Morgan fingerprint density at radius 3 is 2.83 bits per heavy atom. The number of aromatic amines is 1. The van der Waals surface area contributed by atoms with Crippen LogP contribution in [0, 0.1) is 0 Å². The first-order valence-corrected chi connectivity index (χ1v) is 7.80. The van der Waals surface area contributed by atoms with E-state index in [-0.39, 0.29) is 17.5 Å². The summed E-state index contributed by atoms with van der Waals surface area (Å²) >= 11 is 0. The van der Waals surface area contributed by atoms with E-state index in [9.17, 15) is 14.4 Å². The van der Waals surface area contributed by atoms with Crippen molar-refractivity contribution in [3.63, 3.8) is 0 Å². The first-order valence-electron chi connectivity index (χ1n) is 7.80. The van der Waals surface area contributed by atoms with Gasteiger partial charge in [0.25, 0.3) is 11.5 Å². The highest BCUT2D eigenvalue weighted by molar-refractivity contribution is 5.97. The number of benzene rings is 1. The van der Waals surface area contributed by atoms with Crippen molar-refractivity contribution < 1.29 is 4.79 Å². The van der Waals surface area contributed by atoms with Crippen LogP contribution in [0.25, 0.3) is 10.9 Å². The van der Waals surface area contributed by atoms with Gasteiger partial charge in [-0.05, 0) is 32.0 Å². The van der Waals surface area contributed by atoms with Gasteiger partial charge in [0.15, 0.2) is 0 Å². The fourth-order valence-electron chi connectivity index (χ4n) is 2.97. The molecule has 2 N–H and O–H groups in total. The maximum absolute atomic E-state index is 12.6. The second kappa shape index (κ2) is 6.00. The summed E-state index contributed by atoms with van der Waals surface area (Å²) in [5, 5.41) is 3.70. The Morgan fingerprint density at radius 1 is 1.35 bits per heavy atom. The van der Waals surface area contributed by atoms with Crippen LogP contribution in [0.3, 0.4) is 0 Å². The van der Waals surface area contributed by atoms with Crippen LogP contribution in [0.2, 0.25) is 0 Å². The number of nitrogens with one attached hydrogen (secondary N) is 2. The number of nitrogens with zero attached hydrogens (tertiary/aromatic N) is 2. The topological polar surface area (TPSA) is 87.2 Å². The zero-order valence-corrected chi connectivity index (χ0v) is 13.3. The van der Waals surface area contributed by atoms with Gasteiger partial charge in [-0.2, -0.15) is 0 Å². The summed E-state index contributed by atoms with van der Waals surface area (Å²) in [6.45, 7) is 6.14. The first kappa shape index (κ1) is 15.5. The van der Waals surface area contributed by atoms with E-state index in [0.29, 0.717) is 36.1 Å².